The number of hydrogen-bond acceptors (Lipinski definition) is 11. The number of carbonyl (C=O) groups excluding carboxylic acids is 1. The summed E-state index contributed by atoms with van der Waals surface area (Å²) in [4.78, 5) is 31.6. The van der Waals surface area contributed by atoms with Crippen molar-refractivity contribution in [1.82, 2.24) is 34.5 Å². The SMILES string of the molecule is CN(C[C@@H]1CN(C(=O)n2cnc(F)n2)[C@@H]1C(C)(C)C)c1nc(OC[C@@]23CCCN2C[C@H](F)C3)nc2c(F)c(-c3ccc(F)c4sc(N)c(C#N)c34)c(Cl)cc12. The molecule has 12 nitrogen and oxygen atoms in total. The fourth-order valence-electron chi connectivity index (χ4n) is 8.94. The van der Waals surface area contributed by atoms with Crippen LogP contribution in [0.25, 0.3) is 32.1 Å². The van der Waals surface area contributed by atoms with E-state index >= 15 is 4.39 Å². The van der Waals surface area contributed by atoms with Crippen molar-refractivity contribution < 1.29 is 27.1 Å². The number of carbonyl (C=O) groups is 1. The highest BCUT2D eigenvalue weighted by atomic mass is 35.5. The third kappa shape index (κ3) is 6.18. The molecule has 0 aliphatic carbocycles. The van der Waals surface area contributed by atoms with E-state index in [2.05, 4.69) is 20.0 Å². The lowest BCUT2D eigenvalue weighted by atomic mass is 9.72. The number of fused-ring (bicyclic) bond motifs is 3. The first-order valence-corrected chi connectivity index (χ1v) is 19.0. The summed E-state index contributed by atoms with van der Waals surface area (Å²) in [7, 11) is 1.78. The smallest absolute Gasteiger partial charge is 0.346 e. The van der Waals surface area contributed by atoms with Gasteiger partial charge in [0.25, 0.3) is 0 Å². The van der Waals surface area contributed by atoms with Crippen LogP contribution in [0.2, 0.25) is 5.02 Å². The minimum atomic E-state index is -1.01. The third-order valence-corrected chi connectivity index (χ3v) is 12.5. The van der Waals surface area contributed by atoms with E-state index in [1.165, 1.54) is 18.2 Å². The molecule has 18 heteroatoms. The Morgan fingerprint density at radius 1 is 1.24 bits per heavy atom. The first-order chi connectivity index (χ1) is 26.1. The molecule has 5 aromatic rings. The van der Waals surface area contributed by atoms with Gasteiger partial charge in [-0.15, -0.1) is 16.4 Å². The van der Waals surface area contributed by atoms with Crippen molar-refractivity contribution in [2.45, 2.75) is 57.8 Å². The van der Waals surface area contributed by atoms with E-state index in [1.807, 2.05) is 31.7 Å². The van der Waals surface area contributed by atoms with Gasteiger partial charge < -0.3 is 20.3 Å². The summed E-state index contributed by atoms with van der Waals surface area (Å²) < 4.78 is 67.6. The van der Waals surface area contributed by atoms with E-state index in [9.17, 15) is 23.2 Å². The maximum absolute atomic E-state index is 17.2. The molecule has 288 valence electrons. The summed E-state index contributed by atoms with van der Waals surface area (Å²) in [6, 6.07) is 5.13. The fraction of sp³-hybridized carbons (Fsp3) is 0.459. The quantitative estimate of drug-likeness (QED) is 0.171. The van der Waals surface area contributed by atoms with Gasteiger partial charge in [0.1, 0.15) is 47.3 Å². The van der Waals surface area contributed by atoms with E-state index < -0.39 is 40.9 Å². The number of thiophene rings is 1. The van der Waals surface area contributed by atoms with Crippen LogP contribution in [0.1, 0.15) is 45.6 Å². The number of anilines is 2. The van der Waals surface area contributed by atoms with Crippen LogP contribution in [-0.4, -0.2) is 98.1 Å². The Labute approximate surface area is 322 Å². The Morgan fingerprint density at radius 3 is 2.73 bits per heavy atom. The molecule has 3 fully saturated rings. The highest BCUT2D eigenvalue weighted by Crippen LogP contribution is 2.47. The Balaban J connectivity index is 1.21. The maximum Gasteiger partial charge on any atom is 0.346 e. The monoisotopic (exact) mass is 796 g/mol. The van der Waals surface area contributed by atoms with Crippen molar-refractivity contribution in [3.05, 3.63) is 52.8 Å². The molecule has 4 atom stereocenters. The van der Waals surface area contributed by atoms with Gasteiger partial charge in [0.05, 0.1) is 20.8 Å². The lowest BCUT2D eigenvalue weighted by Crippen LogP contribution is -2.66. The molecule has 0 bridgehead atoms. The van der Waals surface area contributed by atoms with Gasteiger partial charge >= 0.3 is 18.1 Å². The van der Waals surface area contributed by atoms with Crippen LogP contribution in [0.3, 0.4) is 0 Å². The molecule has 0 radical (unpaired) electrons. The first-order valence-electron chi connectivity index (χ1n) is 17.8. The van der Waals surface area contributed by atoms with Crippen LogP contribution in [0.5, 0.6) is 6.01 Å². The molecule has 0 saturated carbocycles. The number of nitriles is 1. The highest BCUT2D eigenvalue weighted by Gasteiger charge is 2.50. The molecule has 1 amide bonds. The van der Waals surface area contributed by atoms with Gasteiger partial charge in [-0.1, -0.05) is 38.4 Å². The van der Waals surface area contributed by atoms with Crippen LogP contribution in [0.15, 0.2) is 24.5 Å². The molecule has 6 heterocycles. The number of halogens is 5. The lowest BCUT2D eigenvalue weighted by molar-refractivity contribution is -0.0144. The summed E-state index contributed by atoms with van der Waals surface area (Å²) in [5.41, 5.74) is 5.09. The standard InChI is InChI=1S/C37H37ClF4N10O2S/c1-36(2,3)30-18(14-51(30)35(53)52-17-45-33(42)48-52)13-49(4)32-21-10-23(38)26(20-6-7-24(40)29-25(20)22(12-43)31(44)55-29)27(41)28(21)46-34(47-32)54-16-37-8-5-9-50(37)15-19(39)11-37/h6-7,10,17-19,30H,5,8-9,11,13-16,44H2,1-4H3/t18-,19-,30+,37+/m1/s1. The molecule has 3 aliphatic rings. The average Bonchev–Trinajstić information content (AvgIpc) is 3.87. The number of likely N-dealkylation sites (tertiary alicyclic amines) is 1. The number of nitrogens with two attached hydrogens (primary N) is 1. The molecule has 2 aromatic carbocycles. The van der Waals surface area contributed by atoms with Crippen molar-refractivity contribution in [3.63, 3.8) is 0 Å². The van der Waals surface area contributed by atoms with Gasteiger partial charge in [-0.2, -0.15) is 29.3 Å². The Morgan fingerprint density at radius 2 is 2.02 bits per heavy atom. The van der Waals surface area contributed by atoms with Gasteiger partial charge in [0, 0.05) is 61.4 Å². The number of rotatable bonds is 7. The average molecular weight is 797 g/mol. The molecule has 2 N–H and O–H groups in total. The number of hydrogen-bond donors (Lipinski definition) is 1. The lowest BCUT2D eigenvalue weighted by Gasteiger charge is -2.54. The molecular formula is C37H37ClF4N10O2S. The molecule has 3 aliphatic heterocycles. The number of nitrogen functional groups attached to an aromatic ring is 1. The van der Waals surface area contributed by atoms with Gasteiger partial charge in [-0.05, 0) is 42.5 Å². The number of ether oxygens (including phenoxy) is 1. The van der Waals surface area contributed by atoms with E-state index in [1.54, 1.807) is 11.9 Å². The number of aromatic nitrogens is 5. The van der Waals surface area contributed by atoms with Crippen molar-refractivity contribution >= 4 is 60.8 Å². The Kier molecular flexibility index (Phi) is 9.09. The second kappa shape index (κ2) is 13.5. The van der Waals surface area contributed by atoms with Gasteiger partial charge in [0.2, 0.25) is 0 Å². The van der Waals surface area contributed by atoms with Crippen LogP contribution < -0.4 is 15.4 Å². The van der Waals surface area contributed by atoms with Crippen LogP contribution in [0.4, 0.5) is 33.2 Å². The van der Waals surface area contributed by atoms with E-state index in [4.69, 9.17) is 27.1 Å². The first kappa shape index (κ1) is 37.1. The molecule has 0 spiro atoms. The van der Waals surface area contributed by atoms with Crippen molar-refractivity contribution in [3.8, 4) is 23.2 Å². The minimum Gasteiger partial charge on any atom is -0.461 e. The van der Waals surface area contributed by atoms with Crippen molar-refractivity contribution in [2.24, 2.45) is 11.3 Å². The fourth-order valence-corrected chi connectivity index (χ4v) is 10.2. The normalized spacial score (nSPS) is 22.6. The zero-order chi connectivity index (χ0) is 39.1. The van der Waals surface area contributed by atoms with E-state index in [0.717, 1.165) is 41.7 Å². The second-order valence-corrected chi connectivity index (χ2v) is 17.2. The van der Waals surface area contributed by atoms with E-state index in [-0.39, 0.29) is 72.3 Å². The summed E-state index contributed by atoms with van der Waals surface area (Å²) >= 11 is 7.78. The summed E-state index contributed by atoms with van der Waals surface area (Å²) in [6.07, 6.45) is 0.971. The number of amides is 1. The predicted octanol–water partition coefficient (Wildman–Crippen LogP) is 7.03. The molecule has 3 saturated heterocycles. The van der Waals surface area contributed by atoms with Crippen LogP contribution >= 0.6 is 22.9 Å². The third-order valence-electron chi connectivity index (χ3n) is 11.1. The molecule has 3 aromatic heterocycles. The number of benzene rings is 2. The molecule has 8 rings (SSSR count). The van der Waals surface area contributed by atoms with Crippen LogP contribution in [-0.2, 0) is 0 Å². The van der Waals surface area contributed by atoms with Gasteiger partial charge in [0.15, 0.2) is 5.82 Å². The number of nitrogens with zero attached hydrogens (tertiary/aromatic N) is 9. The van der Waals surface area contributed by atoms with Gasteiger partial charge in [-0.25, -0.2) is 18.0 Å². The highest BCUT2D eigenvalue weighted by molar-refractivity contribution is 7.23. The maximum atomic E-state index is 17.2. The molecular weight excluding hydrogens is 760 g/mol. The Hall–Kier alpha value is -4.79. The summed E-state index contributed by atoms with van der Waals surface area (Å²) in [5, 5.41) is 13.9. The largest absolute Gasteiger partial charge is 0.461 e. The van der Waals surface area contributed by atoms with Crippen molar-refractivity contribution in [2.75, 3.05) is 50.5 Å². The predicted molar refractivity (Wildman–Crippen MR) is 200 cm³/mol. The number of alkyl halides is 1. The topological polar surface area (TPSA) is 142 Å². The minimum absolute atomic E-state index is 0.00989. The zero-order valence-corrected chi connectivity index (χ0v) is 32.0. The molecule has 55 heavy (non-hydrogen) atoms. The van der Waals surface area contributed by atoms with Crippen LogP contribution in [0, 0.1) is 40.4 Å². The summed E-state index contributed by atoms with van der Waals surface area (Å²) in [5.74, 6) is -1.27. The molecule has 0 unspecified atom stereocenters. The van der Waals surface area contributed by atoms with Crippen molar-refractivity contribution in [1.29, 1.82) is 5.26 Å². The van der Waals surface area contributed by atoms with Gasteiger partial charge in [-0.3, -0.25) is 4.90 Å². The second-order valence-electron chi connectivity index (χ2n) is 15.7. The Bertz CT molecular complexity index is 2410. The van der Waals surface area contributed by atoms with E-state index in [0.29, 0.717) is 31.9 Å². The zero-order valence-electron chi connectivity index (χ0n) is 30.4. The summed E-state index contributed by atoms with van der Waals surface area (Å²) in [6.45, 7) is 7.81.